The standard InChI is InChI=1S/C11H13NO.H2N2O2S/c1-3-9(2)13-11-7-5-4-6-10(11)8-12;3-5(4)1-2-5/h4-7,9H,3H2,1-2H3;1-2H. The Morgan fingerprint density at radius 3 is 2.39 bits per heavy atom. The molecule has 1 aliphatic rings. The number of hydrogen-bond donors (Lipinski definition) is 2. The minimum atomic E-state index is -2.92. The van der Waals surface area contributed by atoms with Crippen LogP contribution in [0.5, 0.6) is 5.75 Å². The number of benzene rings is 1. The van der Waals surface area contributed by atoms with Gasteiger partial charge in [0, 0.05) is 0 Å². The zero-order valence-electron chi connectivity index (χ0n) is 10.2. The Morgan fingerprint density at radius 2 is 1.94 bits per heavy atom. The molecule has 1 unspecified atom stereocenters. The quantitative estimate of drug-likeness (QED) is 0.799. The number of para-hydroxylation sites is 1. The van der Waals surface area contributed by atoms with Crippen molar-refractivity contribution in [2.45, 2.75) is 26.4 Å². The van der Waals surface area contributed by atoms with Gasteiger partial charge in [0.2, 0.25) is 0 Å². The van der Waals surface area contributed by atoms with Crippen molar-refractivity contribution in [2.24, 2.45) is 0 Å². The van der Waals surface area contributed by atoms with Crippen LogP contribution in [-0.2, 0) is 10.2 Å². The van der Waals surface area contributed by atoms with Crippen LogP contribution in [0.15, 0.2) is 24.3 Å². The van der Waals surface area contributed by atoms with E-state index < -0.39 is 10.2 Å². The number of nitrogens with one attached hydrogen (secondary N) is 2. The van der Waals surface area contributed by atoms with Gasteiger partial charge in [-0.1, -0.05) is 19.1 Å². The van der Waals surface area contributed by atoms with Crippen LogP contribution in [0.1, 0.15) is 25.8 Å². The van der Waals surface area contributed by atoms with Crippen LogP contribution in [0.4, 0.5) is 0 Å². The summed E-state index contributed by atoms with van der Waals surface area (Å²) in [6.45, 7) is 4.05. The second-order valence-corrected chi connectivity index (χ2v) is 5.07. The number of nitrogens with zero attached hydrogens (tertiary/aromatic N) is 1. The van der Waals surface area contributed by atoms with Gasteiger partial charge in [-0.2, -0.15) is 13.7 Å². The number of nitriles is 1. The van der Waals surface area contributed by atoms with Crippen molar-refractivity contribution in [1.29, 1.82) is 5.26 Å². The minimum absolute atomic E-state index is 0.162. The van der Waals surface area contributed by atoms with Gasteiger partial charge in [-0.05, 0) is 25.5 Å². The number of hydrazine groups is 1. The van der Waals surface area contributed by atoms with Gasteiger partial charge in [-0.15, -0.1) is 9.66 Å². The maximum absolute atomic E-state index is 9.52. The molecular weight excluding hydrogens is 254 g/mol. The number of rotatable bonds is 3. The van der Waals surface area contributed by atoms with Gasteiger partial charge in [0.1, 0.15) is 11.8 Å². The van der Waals surface area contributed by atoms with Gasteiger partial charge < -0.3 is 4.74 Å². The lowest BCUT2D eigenvalue weighted by Crippen LogP contribution is -2.10. The average Bonchev–Trinajstić information content (AvgIpc) is 3.06. The van der Waals surface area contributed by atoms with Crippen molar-refractivity contribution in [2.75, 3.05) is 0 Å². The third kappa shape index (κ3) is 5.14. The Hall–Kier alpha value is -1.62. The first-order valence-corrected chi connectivity index (χ1v) is 6.91. The summed E-state index contributed by atoms with van der Waals surface area (Å²) in [5.41, 5.74) is 0.600. The lowest BCUT2D eigenvalue weighted by molar-refractivity contribution is 0.217. The molecule has 6 nitrogen and oxygen atoms in total. The summed E-state index contributed by atoms with van der Waals surface area (Å²) >= 11 is 0. The molecule has 1 fully saturated rings. The highest BCUT2D eigenvalue weighted by Crippen LogP contribution is 2.18. The van der Waals surface area contributed by atoms with E-state index in [-0.39, 0.29) is 6.10 Å². The van der Waals surface area contributed by atoms with Crippen molar-refractivity contribution in [3.63, 3.8) is 0 Å². The summed E-state index contributed by atoms with van der Waals surface area (Å²) in [7, 11) is -2.92. The molecule has 1 aromatic rings. The number of ether oxygens (including phenoxy) is 1. The zero-order valence-corrected chi connectivity index (χ0v) is 11.0. The van der Waals surface area contributed by atoms with Gasteiger partial charge in [0.15, 0.2) is 0 Å². The molecule has 1 aromatic carbocycles. The van der Waals surface area contributed by atoms with Crippen LogP contribution in [0, 0.1) is 11.3 Å². The summed E-state index contributed by atoms with van der Waals surface area (Å²) in [4.78, 5) is 3.79. The molecular formula is C11H15N3O3S. The molecule has 0 spiro atoms. The van der Waals surface area contributed by atoms with Crippen molar-refractivity contribution in [3.8, 4) is 11.8 Å². The predicted molar refractivity (Wildman–Crippen MR) is 66.7 cm³/mol. The van der Waals surface area contributed by atoms with Crippen LogP contribution < -0.4 is 14.4 Å². The van der Waals surface area contributed by atoms with Crippen molar-refractivity contribution < 1.29 is 13.2 Å². The fraction of sp³-hybridized carbons (Fsp3) is 0.364. The highest BCUT2D eigenvalue weighted by Gasteiger charge is 2.22. The van der Waals surface area contributed by atoms with Crippen molar-refractivity contribution in [3.05, 3.63) is 29.8 Å². The SMILES string of the molecule is CCC(C)Oc1ccccc1C#N.O=S1(=O)NN1. The highest BCUT2D eigenvalue weighted by atomic mass is 32.2. The molecule has 0 aliphatic carbocycles. The van der Waals surface area contributed by atoms with E-state index >= 15 is 0 Å². The van der Waals surface area contributed by atoms with Crippen LogP contribution >= 0.6 is 0 Å². The van der Waals surface area contributed by atoms with Gasteiger partial charge in [-0.3, -0.25) is 0 Å². The molecule has 1 heterocycles. The van der Waals surface area contributed by atoms with Gasteiger partial charge >= 0.3 is 10.2 Å². The lowest BCUT2D eigenvalue weighted by atomic mass is 10.2. The van der Waals surface area contributed by atoms with Crippen molar-refractivity contribution in [1.82, 2.24) is 9.66 Å². The van der Waals surface area contributed by atoms with E-state index in [2.05, 4.69) is 13.0 Å². The molecule has 0 aromatic heterocycles. The third-order valence-corrected chi connectivity index (χ3v) is 2.72. The molecule has 0 saturated carbocycles. The van der Waals surface area contributed by atoms with Gasteiger partial charge in [0.25, 0.3) is 0 Å². The lowest BCUT2D eigenvalue weighted by Gasteiger charge is -2.12. The molecule has 0 radical (unpaired) electrons. The highest BCUT2D eigenvalue weighted by molar-refractivity contribution is 7.93. The van der Waals surface area contributed by atoms with Gasteiger partial charge in [-0.25, -0.2) is 0 Å². The Bertz CT molecular complexity index is 527. The van der Waals surface area contributed by atoms with E-state index in [1.165, 1.54) is 0 Å². The smallest absolute Gasteiger partial charge is 0.304 e. The third-order valence-electron chi connectivity index (χ3n) is 2.18. The predicted octanol–water partition coefficient (Wildman–Crippen LogP) is 1.07. The summed E-state index contributed by atoms with van der Waals surface area (Å²) < 4.78 is 24.6. The van der Waals surface area contributed by atoms with Crippen molar-refractivity contribution >= 4 is 10.2 Å². The summed E-state index contributed by atoms with van der Waals surface area (Å²) in [5, 5.41) is 8.77. The maximum atomic E-state index is 9.52. The second kappa shape index (κ2) is 6.35. The second-order valence-electron chi connectivity index (χ2n) is 3.65. The molecule has 7 heteroatoms. The first-order valence-electron chi connectivity index (χ1n) is 5.43. The Labute approximate surface area is 107 Å². The van der Waals surface area contributed by atoms with Gasteiger partial charge in [0.05, 0.1) is 11.7 Å². The first-order chi connectivity index (χ1) is 8.48. The zero-order chi connectivity index (χ0) is 13.6. The van der Waals surface area contributed by atoms with E-state index in [4.69, 9.17) is 10.00 Å². The average molecular weight is 269 g/mol. The fourth-order valence-electron chi connectivity index (χ4n) is 0.996. The summed E-state index contributed by atoms with van der Waals surface area (Å²) in [6, 6.07) is 9.39. The first kappa shape index (κ1) is 14.4. The Balaban J connectivity index is 0.000000269. The Kier molecular flexibility index (Phi) is 5.09. The maximum Gasteiger partial charge on any atom is 0.304 e. The molecule has 1 saturated heterocycles. The minimum Gasteiger partial charge on any atom is -0.489 e. The molecule has 1 aliphatic heterocycles. The molecule has 0 bridgehead atoms. The monoisotopic (exact) mass is 269 g/mol. The van der Waals surface area contributed by atoms with E-state index in [9.17, 15) is 8.42 Å². The normalized spacial score (nSPS) is 16.7. The summed E-state index contributed by atoms with van der Waals surface area (Å²) in [5.74, 6) is 0.680. The van der Waals surface area contributed by atoms with E-state index in [1.54, 1.807) is 6.07 Å². The van der Waals surface area contributed by atoms with Crippen LogP contribution in [0.2, 0.25) is 0 Å². The molecule has 98 valence electrons. The van der Waals surface area contributed by atoms with Crippen LogP contribution in [-0.4, -0.2) is 14.5 Å². The molecule has 2 N–H and O–H groups in total. The number of hydrogen-bond acceptors (Lipinski definition) is 4. The van der Waals surface area contributed by atoms with Crippen LogP contribution in [0.25, 0.3) is 0 Å². The van der Waals surface area contributed by atoms with E-state index in [0.29, 0.717) is 11.3 Å². The fourth-order valence-corrected chi connectivity index (χ4v) is 1.27. The molecule has 18 heavy (non-hydrogen) atoms. The summed E-state index contributed by atoms with van der Waals surface area (Å²) in [6.07, 6.45) is 1.11. The topological polar surface area (TPSA) is 111 Å². The van der Waals surface area contributed by atoms with Crippen LogP contribution in [0.3, 0.4) is 0 Å². The molecule has 2 rings (SSSR count). The Morgan fingerprint density at radius 1 is 1.39 bits per heavy atom. The van der Waals surface area contributed by atoms with E-state index in [0.717, 1.165) is 6.42 Å². The molecule has 1 atom stereocenters. The molecule has 0 amide bonds. The van der Waals surface area contributed by atoms with E-state index in [1.807, 2.05) is 34.8 Å². The largest absolute Gasteiger partial charge is 0.489 e.